The maximum Gasteiger partial charge on any atom is 0.308 e. The minimum atomic E-state index is -0.173. The van der Waals surface area contributed by atoms with Crippen molar-refractivity contribution in [2.24, 2.45) is 23.7 Å². The molecule has 1 fully saturated rings. The Labute approximate surface area is 174 Å². The van der Waals surface area contributed by atoms with Crippen LogP contribution in [0.4, 0.5) is 0 Å². The molecule has 3 aliphatic rings. The van der Waals surface area contributed by atoms with Crippen molar-refractivity contribution < 1.29 is 23.8 Å². The molecule has 0 amide bonds. The summed E-state index contributed by atoms with van der Waals surface area (Å²) in [7, 11) is 1.71. The number of carbonyl (C=O) groups is 2. The van der Waals surface area contributed by atoms with Gasteiger partial charge in [0.2, 0.25) is 0 Å². The van der Waals surface area contributed by atoms with Gasteiger partial charge >= 0.3 is 11.9 Å². The van der Waals surface area contributed by atoms with Crippen molar-refractivity contribution in [1.82, 2.24) is 0 Å². The van der Waals surface area contributed by atoms with Crippen LogP contribution >= 0.6 is 0 Å². The van der Waals surface area contributed by atoms with Crippen LogP contribution in [0.2, 0.25) is 0 Å². The maximum absolute atomic E-state index is 12.6. The lowest BCUT2D eigenvalue weighted by Gasteiger charge is -2.43. The Bertz CT molecular complexity index is 652. The molecule has 5 nitrogen and oxygen atoms in total. The van der Waals surface area contributed by atoms with E-state index < -0.39 is 0 Å². The summed E-state index contributed by atoms with van der Waals surface area (Å²) in [6, 6.07) is 0. The van der Waals surface area contributed by atoms with Crippen LogP contribution in [0.25, 0.3) is 0 Å². The van der Waals surface area contributed by atoms with Crippen molar-refractivity contribution in [3.63, 3.8) is 0 Å². The molecule has 1 heterocycles. The molecule has 0 aromatic rings. The third kappa shape index (κ3) is 5.30. The summed E-state index contributed by atoms with van der Waals surface area (Å²) in [4.78, 5) is 24.2. The van der Waals surface area contributed by atoms with Crippen molar-refractivity contribution in [2.45, 2.75) is 84.0 Å². The van der Waals surface area contributed by atoms with Crippen molar-refractivity contribution in [3.8, 4) is 0 Å². The van der Waals surface area contributed by atoms with Crippen LogP contribution in [0, 0.1) is 23.7 Å². The summed E-state index contributed by atoms with van der Waals surface area (Å²) < 4.78 is 17.2. The highest BCUT2D eigenvalue weighted by molar-refractivity contribution is 5.72. The Hall–Kier alpha value is -1.62. The molecule has 2 aliphatic carbocycles. The summed E-state index contributed by atoms with van der Waals surface area (Å²) in [5, 5.41) is 0. The van der Waals surface area contributed by atoms with E-state index in [0.717, 1.165) is 32.1 Å². The van der Waals surface area contributed by atoms with E-state index >= 15 is 0 Å². The van der Waals surface area contributed by atoms with Gasteiger partial charge in [0.05, 0.1) is 12.0 Å². The molecule has 0 N–H and O–H groups in total. The Morgan fingerprint density at radius 3 is 2.83 bits per heavy atom. The Morgan fingerprint density at radius 2 is 2.14 bits per heavy atom. The normalized spacial score (nSPS) is 35.3. The molecule has 0 radical (unpaired) electrons. The van der Waals surface area contributed by atoms with E-state index in [1.807, 2.05) is 13.8 Å². The van der Waals surface area contributed by atoms with Crippen molar-refractivity contribution in [1.29, 1.82) is 0 Å². The smallest absolute Gasteiger partial charge is 0.308 e. The second-order valence-electron chi connectivity index (χ2n) is 8.95. The lowest BCUT2D eigenvalue weighted by molar-refractivity contribution is -0.160. The van der Waals surface area contributed by atoms with Gasteiger partial charge in [0, 0.05) is 25.9 Å². The van der Waals surface area contributed by atoms with Crippen LogP contribution in [-0.4, -0.2) is 37.4 Å². The topological polar surface area (TPSA) is 61.8 Å². The van der Waals surface area contributed by atoms with Gasteiger partial charge in [-0.1, -0.05) is 39.0 Å². The lowest BCUT2D eigenvalue weighted by atomic mass is 9.66. The number of fused-ring (bicyclic) bond motifs is 1. The Balaban J connectivity index is 1.76. The summed E-state index contributed by atoms with van der Waals surface area (Å²) in [5.41, 5.74) is 1.22. The quantitative estimate of drug-likeness (QED) is 0.580. The molecule has 1 saturated heterocycles. The van der Waals surface area contributed by atoms with Gasteiger partial charge in [0.25, 0.3) is 0 Å². The van der Waals surface area contributed by atoms with E-state index in [1.165, 1.54) is 5.57 Å². The molecule has 5 heteroatoms. The fraction of sp³-hybridized carbons (Fsp3) is 0.750. The van der Waals surface area contributed by atoms with Gasteiger partial charge in [-0.15, -0.1) is 0 Å². The summed E-state index contributed by atoms with van der Waals surface area (Å²) in [6.07, 6.45) is 12.2. The first-order valence-electron chi connectivity index (χ1n) is 11.3. The molecule has 0 bridgehead atoms. The van der Waals surface area contributed by atoms with Gasteiger partial charge < -0.3 is 14.2 Å². The zero-order chi connectivity index (χ0) is 21.0. The molecule has 1 aliphatic heterocycles. The monoisotopic (exact) mass is 404 g/mol. The molecule has 0 aromatic carbocycles. The van der Waals surface area contributed by atoms with Crippen molar-refractivity contribution in [3.05, 3.63) is 23.8 Å². The second-order valence-corrected chi connectivity index (χ2v) is 8.95. The lowest BCUT2D eigenvalue weighted by Crippen LogP contribution is -2.43. The number of methoxy groups -OCH3 is 1. The fourth-order valence-electron chi connectivity index (χ4n) is 4.93. The molecule has 0 aromatic heterocycles. The number of esters is 2. The van der Waals surface area contributed by atoms with Crippen molar-refractivity contribution in [2.75, 3.05) is 7.11 Å². The molecule has 29 heavy (non-hydrogen) atoms. The summed E-state index contributed by atoms with van der Waals surface area (Å²) in [5.74, 6) is 0.644. The third-order valence-electron chi connectivity index (χ3n) is 6.97. The average Bonchev–Trinajstić information content (AvgIpc) is 2.72. The first-order valence-corrected chi connectivity index (χ1v) is 11.3. The van der Waals surface area contributed by atoms with E-state index in [2.05, 4.69) is 25.2 Å². The second kappa shape index (κ2) is 9.92. The number of carbonyl (C=O) groups excluding carboxylic acids is 2. The third-order valence-corrected chi connectivity index (χ3v) is 6.97. The highest BCUT2D eigenvalue weighted by Gasteiger charge is 2.42. The summed E-state index contributed by atoms with van der Waals surface area (Å²) in [6.45, 7) is 6.17. The van der Waals surface area contributed by atoms with Crippen LogP contribution in [0.5, 0.6) is 0 Å². The molecule has 0 saturated carbocycles. The molecule has 3 rings (SSSR count). The highest BCUT2D eigenvalue weighted by Crippen LogP contribution is 2.44. The van der Waals surface area contributed by atoms with Crippen molar-refractivity contribution >= 4 is 11.9 Å². The number of cyclic esters (lactones) is 1. The molecule has 0 unspecified atom stereocenters. The SMILES string of the molecule is CC[C@H](C)C(=O)O[C@H]1C[C@H](OC)C=C2C=C[C@H](C)[C@H](CC[C@@H]3CCCC(=O)O3)[C@H]21. The highest BCUT2D eigenvalue weighted by atomic mass is 16.6. The molecule has 0 spiro atoms. The van der Waals surface area contributed by atoms with Gasteiger partial charge in [0.15, 0.2) is 0 Å². The predicted octanol–water partition coefficient (Wildman–Crippen LogP) is 4.60. The van der Waals surface area contributed by atoms with Gasteiger partial charge in [0.1, 0.15) is 12.2 Å². The molecular formula is C24H36O5. The van der Waals surface area contributed by atoms with Gasteiger partial charge in [-0.25, -0.2) is 0 Å². The van der Waals surface area contributed by atoms with E-state index in [1.54, 1.807) is 7.11 Å². The zero-order valence-electron chi connectivity index (χ0n) is 18.3. The molecule has 162 valence electrons. The summed E-state index contributed by atoms with van der Waals surface area (Å²) >= 11 is 0. The van der Waals surface area contributed by atoms with E-state index in [9.17, 15) is 9.59 Å². The Morgan fingerprint density at radius 1 is 1.34 bits per heavy atom. The van der Waals surface area contributed by atoms with Crippen LogP contribution < -0.4 is 0 Å². The molecular weight excluding hydrogens is 368 g/mol. The maximum atomic E-state index is 12.6. The van der Waals surface area contributed by atoms with E-state index in [4.69, 9.17) is 14.2 Å². The van der Waals surface area contributed by atoms with Crippen LogP contribution in [-0.2, 0) is 23.8 Å². The van der Waals surface area contributed by atoms with E-state index in [-0.39, 0.29) is 42.1 Å². The van der Waals surface area contributed by atoms with Crippen LogP contribution in [0.3, 0.4) is 0 Å². The number of ether oxygens (including phenoxy) is 3. The number of rotatable bonds is 7. The average molecular weight is 405 g/mol. The largest absolute Gasteiger partial charge is 0.462 e. The van der Waals surface area contributed by atoms with Gasteiger partial charge in [-0.2, -0.15) is 0 Å². The minimum absolute atomic E-state index is 0.0261. The zero-order valence-corrected chi connectivity index (χ0v) is 18.3. The minimum Gasteiger partial charge on any atom is -0.462 e. The van der Waals surface area contributed by atoms with E-state index in [0.29, 0.717) is 24.7 Å². The number of hydrogen-bond acceptors (Lipinski definition) is 5. The number of hydrogen-bond donors (Lipinski definition) is 0. The molecule has 7 atom stereocenters. The van der Waals surface area contributed by atoms with Gasteiger partial charge in [-0.05, 0) is 49.5 Å². The van der Waals surface area contributed by atoms with Gasteiger partial charge in [-0.3, -0.25) is 9.59 Å². The number of allylic oxidation sites excluding steroid dienone is 2. The predicted molar refractivity (Wildman–Crippen MR) is 111 cm³/mol. The van der Waals surface area contributed by atoms with Crippen LogP contribution in [0.15, 0.2) is 23.8 Å². The van der Waals surface area contributed by atoms with Crippen LogP contribution in [0.1, 0.15) is 65.7 Å². The first-order chi connectivity index (χ1) is 13.9. The Kier molecular flexibility index (Phi) is 7.55. The standard InChI is InChI=1S/C24H36O5/c1-5-15(2)24(26)29-21-14-19(27-4)13-17-10-9-16(3)20(23(17)21)12-11-18-7-6-8-22(25)28-18/h9-10,13,15-16,18-21,23H,5-8,11-12,14H2,1-4H3/t15-,16-,18-,19+,20-,21-,23-/m0/s1. The first kappa shape index (κ1) is 22.1. The fourth-order valence-corrected chi connectivity index (χ4v) is 4.93.